The molecule has 2 aliphatic carbocycles. The summed E-state index contributed by atoms with van der Waals surface area (Å²) in [7, 11) is 1.70. The van der Waals surface area contributed by atoms with Crippen molar-refractivity contribution < 1.29 is 27.0 Å². The van der Waals surface area contributed by atoms with Crippen LogP contribution in [0.5, 0.6) is 0 Å². The number of hydrogen-bond donors (Lipinski definition) is 0. The summed E-state index contributed by atoms with van der Waals surface area (Å²) in [6.07, 6.45) is 7.89. The van der Waals surface area contributed by atoms with Crippen molar-refractivity contribution >= 4 is 0 Å². The molecule has 3 fully saturated rings. The molecule has 0 N–H and O–H groups in total. The Hall–Kier alpha value is -1.92. The summed E-state index contributed by atoms with van der Waals surface area (Å²) in [5.74, 6) is -2.48. The SMILES string of the molecule is COC1CCC(c2ccc(C3CCC(CCc4ccc(C5CO5)c(F)c4F)CC3)c(F)c2F)CC1. The molecule has 2 aromatic carbocycles. The first-order chi connectivity index (χ1) is 17.0. The van der Waals surface area contributed by atoms with Gasteiger partial charge in [-0.25, -0.2) is 17.6 Å². The zero-order valence-corrected chi connectivity index (χ0v) is 20.3. The van der Waals surface area contributed by atoms with E-state index >= 15 is 8.78 Å². The first-order valence-electron chi connectivity index (χ1n) is 13.0. The van der Waals surface area contributed by atoms with E-state index in [1.165, 1.54) is 0 Å². The Morgan fingerprint density at radius 2 is 1.23 bits per heavy atom. The van der Waals surface area contributed by atoms with E-state index in [-0.39, 0.29) is 24.0 Å². The van der Waals surface area contributed by atoms with Crippen molar-refractivity contribution in [3.8, 4) is 0 Å². The maximum Gasteiger partial charge on any atom is 0.164 e. The molecule has 2 nitrogen and oxygen atoms in total. The lowest BCUT2D eigenvalue weighted by Gasteiger charge is -2.31. The summed E-state index contributed by atoms with van der Waals surface area (Å²) < 4.78 is 69.4. The van der Waals surface area contributed by atoms with Crippen molar-refractivity contribution in [3.05, 3.63) is 69.8 Å². The third-order valence-corrected chi connectivity index (χ3v) is 8.57. The van der Waals surface area contributed by atoms with Crippen LogP contribution in [0.4, 0.5) is 17.6 Å². The summed E-state index contributed by atoms with van der Waals surface area (Å²) in [4.78, 5) is 0. The largest absolute Gasteiger partial charge is 0.381 e. The van der Waals surface area contributed by atoms with Gasteiger partial charge in [-0.2, -0.15) is 0 Å². The molecule has 0 amide bonds. The van der Waals surface area contributed by atoms with Gasteiger partial charge >= 0.3 is 0 Å². The molecule has 2 aromatic rings. The third-order valence-electron chi connectivity index (χ3n) is 8.57. The Kier molecular flexibility index (Phi) is 7.50. The van der Waals surface area contributed by atoms with Crippen LogP contribution in [0.15, 0.2) is 24.3 Å². The number of aryl methyl sites for hydroxylation is 1. The Balaban J connectivity index is 1.16. The average molecular weight is 491 g/mol. The van der Waals surface area contributed by atoms with Crippen LogP contribution in [0.25, 0.3) is 0 Å². The Morgan fingerprint density at radius 1 is 0.714 bits per heavy atom. The summed E-state index contributed by atoms with van der Waals surface area (Å²) in [6.45, 7) is 0.446. The minimum absolute atomic E-state index is 0.00559. The highest BCUT2D eigenvalue weighted by Gasteiger charge is 2.31. The zero-order valence-electron chi connectivity index (χ0n) is 20.3. The molecule has 35 heavy (non-hydrogen) atoms. The second-order valence-electron chi connectivity index (χ2n) is 10.6. The van der Waals surface area contributed by atoms with Gasteiger partial charge in [-0.15, -0.1) is 0 Å². The van der Waals surface area contributed by atoms with E-state index in [0.29, 0.717) is 41.2 Å². The van der Waals surface area contributed by atoms with E-state index in [1.807, 2.05) is 0 Å². The number of ether oxygens (including phenoxy) is 2. The lowest BCUT2D eigenvalue weighted by atomic mass is 9.76. The minimum Gasteiger partial charge on any atom is -0.381 e. The van der Waals surface area contributed by atoms with Crippen molar-refractivity contribution in [2.75, 3.05) is 13.7 Å². The van der Waals surface area contributed by atoms with Crippen LogP contribution >= 0.6 is 0 Å². The second kappa shape index (κ2) is 10.6. The molecule has 1 heterocycles. The molecule has 190 valence electrons. The molecule has 0 aromatic heterocycles. The van der Waals surface area contributed by atoms with E-state index in [1.54, 1.807) is 31.4 Å². The molecule has 5 rings (SSSR count). The quantitative estimate of drug-likeness (QED) is 0.291. The normalized spacial score (nSPS) is 28.8. The predicted octanol–water partition coefficient (Wildman–Crippen LogP) is 7.89. The van der Waals surface area contributed by atoms with Crippen LogP contribution < -0.4 is 0 Å². The van der Waals surface area contributed by atoms with E-state index < -0.39 is 23.3 Å². The fraction of sp³-hybridized carbons (Fsp3) is 0.586. The number of benzene rings is 2. The lowest BCUT2D eigenvalue weighted by molar-refractivity contribution is 0.0655. The van der Waals surface area contributed by atoms with Crippen molar-refractivity contribution in [2.24, 2.45) is 5.92 Å². The molecule has 6 heteroatoms. The fourth-order valence-corrected chi connectivity index (χ4v) is 6.22. The number of hydrogen-bond acceptors (Lipinski definition) is 2. The first kappa shape index (κ1) is 24.8. The van der Waals surface area contributed by atoms with Gasteiger partial charge in [0.05, 0.1) is 12.7 Å². The van der Waals surface area contributed by atoms with Gasteiger partial charge in [-0.3, -0.25) is 0 Å². The Bertz CT molecular complexity index is 1040. The topological polar surface area (TPSA) is 21.8 Å². The molecule has 2 saturated carbocycles. The highest BCUT2D eigenvalue weighted by Crippen LogP contribution is 2.42. The van der Waals surface area contributed by atoms with Crippen LogP contribution in [0.2, 0.25) is 0 Å². The van der Waals surface area contributed by atoms with Crippen LogP contribution in [0.1, 0.15) is 98.0 Å². The van der Waals surface area contributed by atoms with Gasteiger partial charge in [0.1, 0.15) is 6.10 Å². The van der Waals surface area contributed by atoms with Gasteiger partial charge < -0.3 is 9.47 Å². The molecule has 1 aliphatic heterocycles. The highest BCUT2D eigenvalue weighted by molar-refractivity contribution is 5.32. The van der Waals surface area contributed by atoms with Crippen LogP contribution in [-0.2, 0) is 15.9 Å². The number of methoxy groups -OCH3 is 1. The van der Waals surface area contributed by atoms with Crippen LogP contribution in [0, 0.1) is 29.2 Å². The zero-order chi connectivity index (χ0) is 24.5. The fourth-order valence-electron chi connectivity index (χ4n) is 6.22. The number of rotatable bonds is 7. The summed E-state index contributed by atoms with van der Waals surface area (Å²) in [6, 6.07) is 6.89. The van der Waals surface area contributed by atoms with Gasteiger partial charge in [-0.1, -0.05) is 24.3 Å². The van der Waals surface area contributed by atoms with Crippen molar-refractivity contribution in [1.82, 2.24) is 0 Å². The van der Waals surface area contributed by atoms with E-state index in [0.717, 1.165) is 57.8 Å². The van der Waals surface area contributed by atoms with E-state index in [2.05, 4.69) is 0 Å². The van der Waals surface area contributed by atoms with Gasteiger partial charge in [0.25, 0.3) is 0 Å². The van der Waals surface area contributed by atoms with E-state index in [4.69, 9.17) is 9.47 Å². The lowest BCUT2D eigenvalue weighted by Crippen LogP contribution is -2.20. The Labute approximate surface area is 205 Å². The second-order valence-corrected chi connectivity index (χ2v) is 10.6. The molecule has 3 aliphatic rings. The monoisotopic (exact) mass is 490 g/mol. The van der Waals surface area contributed by atoms with Crippen LogP contribution in [0.3, 0.4) is 0 Å². The molecule has 1 atom stereocenters. The van der Waals surface area contributed by atoms with Crippen molar-refractivity contribution in [3.63, 3.8) is 0 Å². The standard InChI is InChI=1S/C29H34F4O2/c1-34-21-11-8-19(9-12-21)23-15-14-22(27(31)28(23)32)18-5-2-17(3-6-18)4-7-20-10-13-24(25-16-35-25)29(33)26(20)30/h10,13-15,17-19,21,25H,2-9,11-12,16H2,1H3. The molecule has 1 unspecified atom stereocenters. The average Bonchev–Trinajstić information content (AvgIpc) is 3.72. The molecule has 0 radical (unpaired) electrons. The summed E-state index contributed by atoms with van der Waals surface area (Å²) in [5, 5.41) is 0. The maximum atomic E-state index is 15.1. The summed E-state index contributed by atoms with van der Waals surface area (Å²) >= 11 is 0. The highest BCUT2D eigenvalue weighted by atomic mass is 19.2. The van der Waals surface area contributed by atoms with Gasteiger partial charge in [-0.05, 0) is 98.7 Å². The predicted molar refractivity (Wildman–Crippen MR) is 126 cm³/mol. The summed E-state index contributed by atoms with van der Waals surface area (Å²) in [5.41, 5.74) is 1.69. The van der Waals surface area contributed by atoms with E-state index in [9.17, 15) is 8.78 Å². The molecular weight excluding hydrogens is 456 g/mol. The number of halogens is 4. The molecule has 0 bridgehead atoms. The van der Waals surface area contributed by atoms with Gasteiger partial charge in [0, 0.05) is 12.7 Å². The molecule has 1 saturated heterocycles. The minimum atomic E-state index is -0.790. The van der Waals surface area contributed by atoms with Crippen molar-refractivity contribution in [2.45, 2.75) is 88.3 Å². The molecule has 0 spiro atoms. The van der Waals surface area contributed by atoms with Crippen LogP contribution in [-0.4, -0.2) is 19.8 Å². The Morgan fingerprint density at radius 3 is 1.77 bits per heavy atom. The van der Waals surface area contributed by atoms with Crippen molar-refractivity contribution in [1.29, 1.82) is 0 Å². The van der Waals surface area contributed by atoms with Gasteiger partial charge in [0.2, 0.25) is 0 Å². The molecular formula is C29H34F4O2. The first-order valence-corrected chi connectivity index (χ1v) is 13.0. The maximum absolute atomic E-state index is 15.1. The number of epoxide rings is 1. The smallest absolute Gasteiger partial charge is 0.164 e. The third kappa shape index (κ3) is 5.29. The van der Waals surface area contributed by atoms with Gasteiger partial charge in [0.15, 0.2) is 23.3 Å².